The number of ketones is 1. The van der Waals surface area contributed by atoms with Crippen LogP contribution in [0.1, 0.15) is 10.4 Å². The Morgan fingerprint density at radius 3 is 2.19 bits per heavy atom. The molecule has 84 valence electrons. The molecule has 0 aromatic heterocycles. The molecule has 0 atom stereocenters. The van der Waals surface area contributed by atoms with Gasteiger partial charge in [-0.2, -0.15) is 0 Å². The molecule has 2 heteroatoms. The van der Waals surface area contributed by atoms with Gasteiger partial charge in [-0.25, -0.2) is 0 Å². The second-order valence-electron chi connectivity index (χ2n) is 3.46. The van der Waals surface area contributed by atoms with Crippen molar-refractivity contribution in [3.8, 4) is 0 Å². The molecule has 0 aliphatic rings. The van der Waals surface area contributed by atoms with Crippen LogP contribution in [-0.2, 0) is 10.9 Å². The summed E-state index contributed by atoms with van der Waals surface area (Å²) in [7, 11) is 0.0593. The quantitative estimate of drug-likeness (QED) is 0.402. The smallest absolute Gasteiger partial charge is 0.211 e. The van der Waals surface area contributed by atoms with Crippen molar-refractivity contribution in [2.45, 2.75) is 0 Å². The maximum Gasteiger partial charge on any atom is 0.211 e. The van der Waals surface area contributed by atoms with E-state index in [0.717, 1.165) is 17.1 Å². The molecule has 0 fully saturated rings. The normalized spacial score (nSPS) is 10.1. The molecule has 1 aromatic rings. The molecule has 0 heterocycles. The molecule has 0 radical (unpaired) electrons. The van der Waals surface area contributed by atoms with Crippen LogP contribution in [0, 0.1) is 0 Å². The highest BCUT2D eigenvalue weighted by Gasteiger charge is 2.20. The molecular weight excluding hydrogens is 216 g/mol. The summed E-state index contributed by atoms with van der Waals surface area (Å²) in [4.78, 5) is 11.9. The number of rotatable bonds is 7. The van der Waals surface area contributed by atoms with Crippen molar-refractivity contribution in [3.63, 3.8) is 0 Å². The number of carbonyl (C=O) groups excluding carboxylic acids is 1. The summed E-state index contributed by atoms with van der Waals surface area (Å²) in [6, 6.07) is 9.44. The average Bonchev–Trinajstić information content (AvgIpc) is 2.31. The van der Waals surface area contributed by atoms with Gasteiger partial charge in [-0.05, 0) is 12.2 Å². The first-order valence-corrected chi connectivity index (χ1v) is 6.95. The summed E-state index contributed by atoms with van der Waals surface area (Å²) < 4.78 is 0. The summed E-state index contributed by atoms with van der Waals surface area (Å²) in [5.74, 6) is 2.60. The molecule has 0 saturated carbocycles. The van der Waals surface area contributed by atoms with Crippen LogP contribution in [0.2, 0.25) is 0 Å². The highest BCUT2D eigenvalue weighted by Crippen LogP contribution is 2.06. The molecule has 0 bridgehead atoms. The van der Waals surface area contributed by atoms with E-state index in [2.05, 4.69) is 13.2 Å². The average molecular weight is 233 g/mol. The van der Waals surface area contributed by atoms with Crippen LogP contribution in [0.5, 0.6) is 0 Å². The zero-order chi connectivity index (χ0) is 11.8. The van der Waals surface area contributed by atoms with E-state index in [1.165, 1.54) is 0 Å². The summed E-state index contributed by atoms with van der Waals surface area (Å²) in [6.07, 6.45) is 3.76. The van der Waals surface area contributed by atoms with Gasteiger partial charge in [0, 0.05) is 16.5 Å². The molecular formula is C14H17OS+. The van der Waals surface area contributed by atoms with Crippen molar-refractivity contribution in [2.24, 2.45) is 0 Å². The first kappa shape index (κ1) is 12.8. The topological polar surface area (TPSA) is 17.1 Å². The summed E-state index contributed by atoms with van der Waals surface area (Å²) >= 11 is 0. The van der Waals surface area contributed by atoms with E-state index in [1.54, 1.807) is 0 Å². The lowest BCUT2D eigenvalue weighted by molar-refractivity contribution is 0.102. The Bertz CT molecular complexity index is 346. The predicted molar refractivity (Wildman–Crippen MR) is 73.1 cm³/mol. The maximum atomic E-state index is 11.9. The summed E-state index contributed by atoms with van der Waals surface area (Å²) in [5, 5.41) is 0. The van der Waals surface area contributed by atoms with Crippen molar-refractivity contribution in [2.75, 3.05) is 17.3 Å². The first-order chi connectivity index (χ1) is 7.77. The number of hydrogen-bond donors (Lipinski definition) is 0. The van der Waals surface area contributed by atoms with E-state index in [0.29, 0.717) is 5.75 Å². The molecule has 0 saturated heterocycles. The van der Waals surface area contributed by atoms with Crippen molar-refractivity contribution < 1.29 is 4.79 Å². The fraction of sp³-hybridized carbons (Fsp3) is 0.214. The van der Waals surface area contributed by atoms with Crippen LogP contribution in [0.4, 0.5) is 0 Å². The van der Waals surface area contributed by atoms with Gasteiger partial charge in [-0.15, -0.1) is 0 Å². The predicted octanol–water partition coefficient (Wildman–Crippen LogP) is 2.86. The van der Waals surface area contributed by atoms with Gasteiger partial charge in [0.2, 0.25) is 5.78 Å². The van der Waals surface area contributed by atoms with E-state index in [9.17, 15) is 4.79 Å². The van der Waals surface area contributed by atoms with Crippen molar-refractivity contribution in [1.29, 1.82) is 0 Å². The van der Waals surface area contributed by atoms with Crippen molar-refractivity contribution >= 4 is 16.7 Å². The minimum atomic E-state index is 0.0593. The Kier molecular flexibility index (Phi) is 5.65. The highest BCUT2D eigenvalue weighted by atomic mass is 32.2. The second-order valence-corrected chi connectivity index (χ2v) is 5.64. The summed E-state index contributed by atoms with van der Waals surface area (Å²) in [6.45, 7) is 7.45. The van der Waals surface area contributed by atoms with Gasteiger partial charge in [0.15, 0.2) is 5.75 Å². The van der Waals surface area contributed by atoms with Crippen molar-refractivity contribution in [3.05, 3.63) is 61.2 Å². The van der Waals surface area contributed by atoms with Crippen LogP contribution in [0.3, 0.4) is 0 Å². The van der Waals surface area contributed by atoms with Gasteiger partial charge in [-0.3, -0.25) is 4.79 Å². The van der Waals surface area contributed by atoms with Crippen molar-refractivity contribution in [1.82, 2.24) is 0 Å². The van der Waals surface area contributed by atoms with Gasteiger partial charge >= 0.3 is 0 Å². The van der Waals surface area contributed by atoms with E-state index in [-0.39, 0.29) is 16.7 Å². The minimum Gasteiger partial charge on any atom is -0.289 e. The highest BCUT2D eigenvalue weighted by molar-refractivity contribution is 7.97. The fourth-order valence-electron chi connectivity index (χ4n) is 1.41. The van der Waals surface area contributed by atoms with E-state index in [4.69, 9.17) is 0 Å². The van der Waals surface area contributed by atoms with Gasteiger partial charge in [0.25, 0.3) is 0 Å². The lowest BCUT2D eigenvalue weighted by atomic mass is 10.2. The molecule has 0 unspecified atom stereocenters. The standard InChI is InChI=1S/C14H17OS/c1-3-10-16(11-4-2)12-14(15)13-8-6-5-7-9-13/h3-9H,1-2,10-12H2/q+1. The third kappa shape index (κ3) is 4.07. The molecule has 0 aliphatic carbocycles. The van der Waals surface area contributed by atoms with Crippen LogP contribution in [0.25, 0.3) is 0 Å². The third-order valence-corrected chi connectivity index (χ3v) is 4.22. The van der Waals surface area contributed by atoms with Gasteiger partial charge in [0.1, 0.15) is 11.5 Å². The Morgan fingerprint density at radius 2 is 1.69 bits per heavy atom. The first-order valence-electron chi connectivity index (χ1n) is 5.22. The monoisotopic (exact) mass is 233 g/mol. The van der Waals surface area contributed by atoms with Crippen LogP contribution in [0.15, 0.2) is 55.6 Å². The second kappa shape index (κ2) is 7.07. The SMILES string of the molecule is C=CC[S+](CC=C)CC(=O)c1ccccc1. The van der Waals surface area contributed by atoms with Crippen LogP contribution in [-0.4, -0.2) is 23.0 Å². The Hall–Kier alpha value is -1.28. The van der Waals surface area contributed by atoms with E-state index >= 15 is 0 Å². The lowest BCUT2D eigenvalue weighted by Crippen LogP contribution is -2.21. The maximum absolute atomic E-state index is 11.9. The molecule has 1 nitrogen and oxygen atoms in total. The number of benzene rings is 1. The number of hydrogen-bond acceptors (Lipinski definition) is 1. The minimum absolute atomic E-state index is 0.0593. The van der Waals surface area contributed by atoms with E-state index in [1.807, 2.05) is 42.5 Å². The Balaban J connectivity index is 2.61. The lowest BCUT2D eigenvalue weighted by Gasteiger charge is -2.03. The zero-order valence-corrected chi connectivity index (χ0v) is 10.2. The third-order valence-electron chi connectivity index (χ3n) is 2.14. The molecule has 0 aliphatic heterocycles. The van der Waals surface area contributed by atoms with Gasteiger partial charge in [-0.1, -0.05) is 43.5 Å². The molecule has 0 amide bonds. The number of carbonyl (C=O) groups is 1. The fourth-order valence-corrected chi connectivity index (χ4v) is 2.99. The van der Waals surface area contributed by atoms with Gasteiger partial charge in [0.05, 0.1) is 0 Å². The molecule has 0 N–H and O–H groups in total. The largest absolute Gasteiger partial charge is 0.289 e. The summed E-state index contributed by atoms with van der Waals surface area (Å²) in [5.41, 5.74) is 0.799. The Morgan fingerprint density at radius 1 is 1.12 bits per heavy atom. The van der Waals surface area contributed by atoms with Crippen LogP contribution >= 0.6 is 0 Å². The zero-order valence-electron chi connectivity index (χ0n) is 9.39. The molecule has 1 rings (SSSR count). The molecule has 16 heavy (non-hydrogen) atoms. The van der Waals surface area contributed by atoms with E-state index < -0.39 is 0 Å². The molecule has 0 spiro atoms. The van der Waals surface area contributed by atoms with Crippen LogP contribution < -0.4 is 0 Å². The molecule has 1 aromatic carbocycles. The van der Waals surface area contributed by atoms with Gasteiger partial charge < -0.3 is 0 Å². The Labute approximate surface area is 100 Å². The number of Topliss-reactive ketones (excluding diaryl/α,β-unsaturated/α-hetero) is 1.